The normalized spacial score (nSPS) is 9.64. The van der Waals surface area contributed by atoms with Crippen LogP contribution in [0.3, 0.4) is 0 Å². The highest BCUT2D eigenvalue weighted by atomic mass is 32.1. The number of hydrogen-bond acceptors (Lipinski definition) is 2. The summed E-state index contributed by atoms with van der Waals surface area (Å²) in [7, 11) is 1.81. The molecular weight excluding hydrogens is 158 g/mol. The van der Waals surface area contributed by atoms with Gasteiger partial charge in [0.2, 0.25) is 5.91 Å². The van der Waals surface area contributed by atoms with Crippen molar-refractivity contribution >= 4 is 17.2 Å². The number of hydrogen-bond donors (Lipinski definition) is 0. The molecule has 2 nitrogen and oxygen atoms in total. The molecule has 1 aromatic heterocycles. The predicted molar refractivity (Wildman–Crippen MR) is 46.5 cm³/mol. The van der Waals surface area contributed by atoms with Crippen LogP contribution < -0.4 is 0 Å². The third kappa shape index (κ3) is 2.35. The fourth-order valence-electron chi connectivity index (χ4n) is 0.748. The Morgan fingerprint density at radius 1 is 1.73 bits per heavy atom. The first-order valence-electron chi connectivity index (χ1n) is 3.44. The maximum Gasteiger partial charge on any atom is 0.219 e. The van der Waals surface area contributed by atoms with Gasteiger partial charge in [-0.25, -0.2) is 0 Å². The lowest BCUT2D eigenvalue weighted by atomic mass is 10.4. The minimum Gasteiger partial charge on any atom is -0.341 e. The summed E-state index contributed by atoms with van der Waals surface area (Å²) in [5.41, 5.74) is 0. The van der Waals surface area contributed by atoms with Crippen molar-refractivity contribution in [2.45, 2.75) is 13.5 Å². The summed E-state index contributed by atoms with van der Waals surface area (Å²) in [6.07, 6.45) is 0. The molecule has 3 heteroatoms. The zero-order chi connectivity index (χ0) is 8.27. The monoisotopic (exact) mass is 169 g/mol. The van der Waals surface area contributed by atoms with Crippen LogP contribution in [0.15, 0.2) is 17.5 Å². The summed E-state index contributed by atoms with van der Waals surface area (Å²) in [5, 5.41) is 2.02. The number of rotatable bonds is 2. The van der Waals surface area contributed by atoms with E-state index < -0.39 is 0 Å². The molecule has 0 saturated carbocycles. The van der Waals surface area contributed by atoms with Crippen molar-refractivity contribution in [1.82, 2.24) is 4.90 Å². The van der Waals surface area contributed by atoms with Crippen LogP contribution in [0.2, 0.25) is 0 Å². The van der Waals surface area contributed by atoms with Crippen molar-refractivity contribution in [3.05, 3.63) is 22.4 Å². The summed E-state index contributed by atoms with van der Waals surface area (Å²) in [6, 6.07) is 4.03. The SMILES string of the molecule is CC(=O)N(C)Cc1cccs1. The van der Waals surface area contributed by atoms with Gasteiger partial charge in [0.05, 0.1) is 6.54 Å². The summed E-state index contributed by atoms with van der Waals surface area (Å²) in [5.74, 6) is 0.110. The molecule has 0 spiro atoms. The highest BCUT2D eigenvalue weighted by Crippen LogP contribution is 2.10. The Balaban J connectivity index is 2.50. The number of nitrogens with zero attached hydrogens (tertiary/aromatic N) is 1. The van der Waals surface area contributed by atoms with Gasteiger partial charge in [-0.2, -0.15) is 0 Å². The molecule has 0 radical (unpaired) electrons. The van der Waals surface area contributed by atoms with Crippen LogP contribution in [0, 0.1) is 0 Å². The molecule has 1 aromatic rings. The molecule has 0 aliphatic carbocycles. The summed E-state index contributed by atoms with van der Waals surface area (Å²) in [6.45, 7) is 2.31. The quantitative estimate of drug-likeness (QED) is 0.660. The van der Waals surface area contributed by atoms with Crippen LogP contribution in [-0.2, 0) is 11.3 Å². The standard InChI is InChI=1S/C8H11NOS/c1-7(10)9(2)6-8-4-3-5-11-8/h3-5H,6H2,1-2H3. The molecule has 1 rings (SSSR count). The van der Waals surface area contributed by atoms with Gasteiger partial charge in [-0.05, 0) is 11.4 Å². The van der Waals surface area contributed by atoms with Crippen molar-refractivity contribution in [3.63, 3.8) is 0 Å². The fourth-order valence-corrected chi connectivity index (χ4v) is 1.50. The Labute approximate surface area is 70.5 Å². The number of thiophene rings is 1. The average molecular weight is 169 g/mol. The van der Waals surface area contributed by atoms with E-state index in [9.17, 15) is 4.79 Å². The molecule has 0 aliphatic heterocycles. The zero-order valence-electron chi connectivity index (χ0n) is 6.70. The Morgan fingerprint density at radius 2 is 2.45 bits per heavy atom. The Kier molecular flexibility index (Phi) is 2.65. The second-order valence-corrected chi connectivity index (χ2v) is 3.49. The van der Waals surface area contributed by atoms with Gasteiger partial charge in [-0.15, -0.1) is 11.3 Å². The van der Waals surface area contributed by atoms with Gasteiger partial charge in [0.15, 0.2) is 0 Å². The summed E-state index contributed by atoms with van der Waals surface area (Å²) in [4.78, 5) is 13.7. The first-order valence-corrected chi connectivity index (χ1v) is 4.32. The topological polar surface area (TPSA) is 20.3 Å². The van der Waals surface area contributed by atoms with Crippen molar-refractivity contribution in [3.8, 4) is 0 Å². The molecule has 1 amide bonds. The molecule has 0 aromatic carbocycles. The van der Waals surface area contributed by atoms with Gasteiger partial charge in [0, 0.05) is 18.8 Å². The van der Waals surface area contributed by atoms with E-state index in [-0.39, 0.29) is 5.91 Å². The van der Waals surface area contributed by atoms with Gasteiger partial charge in [-0.1, -0.05) is 6.07 Å². The lowest BCUT2D eigenvalue weighted by Crippen LogP contribution is -2.22. The molecule has 0 unspecified atom stereocenters. The van der Waals surface area contributed by atoms with E-state index in [0.29, 0.717) is 0 Å². The molecule has 0 aliphatic rings. The number of carbonyl (C=O) groups excluding carboxylic acids is 1. The van der Waals surface area contributed by atoms with E-state index in [1.165, 1.54) is 4.88 Å². The third-order valence-electron chi connectivity index (χ3n) is 1.51. The Bertz CT molecular complexity index is 230. The third-order valence-corrected chi connectivity index (χ3v) is 2.37. The minimum absolute atomic E-state index is 0.110. The second kappa shape index (κ2) is 3.53. The van der Waals surface area contributed by atoms with Crippen molar-refractivity contribution < 1.29 is 4.79 Å². The van der Waals surface area contributed by atoms with Gasteiger partial charge < -0.3 is 4.90 Å². The lowest BCUT2D eigenvalue weighted by molar-refractivity contribution is -0.128. The molecule has 1 heterocycles. The van der Waals surface area contributed by atoms with E-state index in [0.717, 1.165) is 6.54 Å². The number of amides is 1. The van der Waals surface area contributed by atoms with Gasteiger partial charge in [-0.3, -0.25) is 4.79 Å². The van der Waals surface area contributed by atoms with Crippen molar-refractivity contribution in [1.29, 1.82) is 0 Å². The van der Waals surface area contributed by atoms with Crippen LogP contribution in [0.4, 0.5) is 0 Å². The van der Waals surface area contributed by atoms with Crippen LogP contribution in [0.5, 0.6) is 0 Å². The van der Waals surface area contributed by atoms with Gasteiger partial charge >= 0.3 is 0 Å². The molecule has 60 valence electrons. The van der Waals surface area contributed by atoms with E-state index in [4.69, 9.17) is 0 Å². The first-order chi connectivity index (χ1) is 5.20. The molecular formula is C8H11NOS. The smallest absolute Gasteiger partial charge is 0.219 e. The summed E-state index contributed by atoms with van der Waals surface area (Å²) >= 11 is 1.67. The maximum atomic E-state index is 10.8. The Morgan fingerprint density at radius 3 is 2.91 bits per heavy atom. The zero-order valence-corrected chi connectivity index (χ0v) is 7.52. The van der Waals surface area contributed by atoms with E-state index in [2.05, 4.69) is 0 Å². The van der Waals surface area contributed by atoms with Crippen LogP contribution >= 0.6 is 11.3 Å². The van der Waals surface area contributed by atoms with Crippen LogP contribution in [-0.4, -0.2) is 17.9 Å². The molecule has 0 saturated heterocycles. The maximum absolute atomic E-state index is 10.8. The average Bonchev–Trinajstić information content (AvgIpc) is 2.39. The highest BCUT2D eigenvalue weighted by molar-refractivity contribution is 7.09. The van der Waals surface area contributed by atoms with E-state index >= 15 is 0 Å². The predicted octanol–water partition coefficient (Wildman–Crippen LogP) is 1.73. The van der Waals surface area contributed by atoms with E-state index in [1.807, 2.05) is 24.6 Å². The minimum atomic E-state index is 0.110. The Hall–Kier alpha value is -0.830. The van der Waals surface area contributed by atoms with E-state index in [1.54, 1.807) is 23.2 Å². The van der Waals surface area contributed by atoms with Crippen molar-refractivity contribution in [2.75, 3.05) is 7.05 Å². The molecule has 11 heavy (non-hydrogen) atoms. The first kappa shape index (κ1) is 8.27. The number of carbonyl (C=O) groups is 1. The van der Waals surface area contributed by atoms with Crippen LogP contribution in [0.1, 0.15) is 11.8 Å². The largest absolute Gasteiger partial charge is 0.341 e. The molecule has 0 fully saturated rings. The van der Waals surface area contributed by atoms with Crippen molar-refractivity contribution in [2.24, 2.45) is 0 Å². The second-order valence-electron chi connectivity index (χ2n) is 2.45. The fraction of sp³-hybridized carbons (Fsp3) is 0.375. The highest BCUT2D eigenvalue weighted by Gasteiger charge is 2.02. The van der Waals surface area contributed by atoms with Crippen LogP contribution in [0.25, 0.3) is 0 Å². The van der Waals surface area contributed by atoms with Gasteiger partial charge in [0.25, 0.3) is 0 Å². The molecule has 0 bridgehead atoms. The summed E-state index contributed by atoms with van der Waals surface area (Å²) < 4.78 is 0. The molecule has 0 atom stereocenters. The van der Waals surface area contributed by atoms with Gasteiger partial charge in [0.1, 0.15) is 0 Å². The lowest BCUT2D eigenvalue weighted by Gasteiger charge is -2.12. The molecule has 0 N–H and O–H groups in total.